The maximum absolute atomic E-state index is 12.3. The van der Waals surface area contributed by atoms with Gasteiger partial charge in [-0.2, -0.15) is 0 Å². The minimum Gasteiger partial charge on any atom is -0.442 e. The summed E-state index contributed by atoms with van der Waals surface area (Å²) in [7, 11) is 0. The number of hydrogen-bond acceptors (Lipinski definition) is 6. The monoisotopic (exact) mass is 379 g/mol. The van der Waals surface area contributed by atoms with Crippen LogP contribution in [0, 0.1) is 5.92 Å². The van der Waals surface area contributed by atoms with Gasteiger partial charge in [-0.1, -0.05) is 36.4 Å². The Morgan fingerprint density at radius 2 is 1.96 bits per heavy atom. The van der Waals surface area contributed by atoms with Crippen LogP contribution in [0.3, 0.4) is 0 Å². The molecule has 0 radical (unpaired) electrons. The van der Waals surface area contributed by atoms with Crippen LogP contribution >= 0.6 is 0 Å². The summed E-state index contributed by atoms with van der Waals surface area (Å²) >= 11 is 0. The lowest BCUT2D eigenvalue weighted by Gasteiger charge is -2.26. The van der Waals surface area contributed by atoms with Gasteiger partial charge in [0.1, 0.15) is 6.10 Å². The molecule has 0 spiro atoms. The number of nitrogens with one attached hydrogen (secondary N) is 2. The van der Waals surface area contributed by atoms with Gasteiger partial charge in [0, 0.05) is 38.3 Å². The molecule has 7 nitrogen and oxygen atoms in total. The second kappa shape index (κ2) is 7.50. The molecule has 3 aliphatic heterocycles. The minimum absolute atomic E-state index is 0.0475. The number of hydrogen-bond donors (Lipinski definition) is 2. The van der Waals surface area contributed by atoms with Crippen molar-refractivity contribution in [2.45, 2.75) is 24.7 Å². The summed E-state index contributed by atoms with van der Waals surface area (Å²) in [5.41, 5.74) is 8.93. The summed E-state index contributed by atoms with van der Waals surface area (Å²) in [5.74, 6) is 0.473. The van der Waals surface area contributed by atoms with Gasteiger partial charge >= 0.3 is 6.09 Å². The number of carbonyl (C=O) groups excluding carboxylic acids is 1. The molecule has 4 heterocycles. The number of ether oxygens (including phenoxy) is 1. The van der Waals surface area contributed by atoms with Crippen LogP contribution in [0.1, 0.15) is 17.3 Å². The maximum Gasteiger partial charge on any atom is 0.410 e. The number of amides is 1. The topological polar surface area (TPSA) is 69.7 Å². The normalized spacial score (nSPS) is 29.9. The van der Waals surface area contributed by atoms with E-state index < -0.39 is 0 Å². The molecule has 2 aromatic rings. The standard InChI is InChI=1S/C21H25N5O2/c27-21-26(12-17-8-4-5-9-22-17)18-13-25(14-19(18)28-21)11-16-10-23-24-20(16)15-6-2-1-3-7-15/h1-9,16,18-20,23-24H,10-14H2/t16?,18-,19+,20?/m0/s1. The van der Waals surface area contributed by atoms with Crippen LogP contribution in [0.5, 0.6) is 0 Å². The van der Waals surface area contributed by atoms with Crippen LogP contribution in [0.2, 0.25) is 0 Å². The fourth-order valence-electron chi connectivity index (χ4n) is 4.63. The van der Waals surface area contributed by atoms with Crippen molar-refractivity contribution in [2.75, 3.05) is 26.2 Å². The fraction of sp³-hybridized carbons (Fsp3) is 0.429. The molecular formula is C21H25N5O2. The summed E-state index contributed by atoms with van der Waals surface area (Å²) < 4.78 is 5.66. The third kappa shape index (κ3) is 3.37. The van der Waals surface area contributed by atoms with Crippen molar-refractivity contribution in [3.05, 3.63) is 66.0 Å². The lowest BCUT2D eigenvalue weighted by molar-refractivity contribution is 0.117. The predicted molar refractivity (Wildman–Crippen MR) is 104 cm³/mol. The van der Waals surface area contributed by atoms with Crippen molar-refractivity contribution in [3.8, 4) is 0 Å². The second-order valence-corrected chi connectivity index (χ2v) is 7.83. The average Bonchev–Trinajstić information content (AvgIpc) is 3.41. The molecule has 1 amide bonds. The molecule has 5 rings (SSSR count). The van der Waals surface area contributed by atoms with E-state index in [-0.39, 0.29) is 18.2 Å². The first-order valence-electron chi connectivity index (χ1n) is 9.91. The first-order chi connectivity index (χ1) is 13.8. The molecule has 0 saturated carbocycles. The largest absolute Gasteiger partial charge is 0.442 e. The highest BCUT2D eigenvalue weighted by molar-refractivity contribution is 5.71. The highest BCUT2D eigenvalue weighted by atomic mass is 16.6. The second-order valence-electron chi connectivity index (χ2n) is 7.83. The Balaban J connectivity index is 1.24. The molecule has 0 bridgehead atoms. The Bertz CT molecular complexity index is 818. The van der Waals surface area contributed by atoms with Gasteiger partial charge in [0.2, 0.25) is 0 Å². The van der Waals surface area contributed by atoms with E-state index >= 15 is 0 Å². The highest BCUT2D eigenvalue weighted by Gasteiger charge is 2.48. The zero-order valence-corrected chi connectivity index (χ0v) is 15.7. The molecule has 4 atom stereocenters. The molecule has 7 heteroatoms. The van der Waals surface area contributed by atoms with E-state index in [1.807, 2.05) is 29.2 Å². The molecule has 0 aliphatic carbocycles. The molecule has 28 heavy (non-hydrogen) atoms. The maximum atomic E-state index is 12.3. The number of benzene rings is 1. The summed E-state index contributed by atoms with van der Waals surface area (Å²) in [5, 5.41) is 0. The first-order valence-corrected chi connectivity index (χ1v) is 9.91. The van der Waals surface area contributed by atoms with E-state index in [2.05, 4.69) is 45.0 Å². The number of fused-ring (bicyclic) bond motifs is 1. The van der Waals surface area contributed by atoms with E-state index in [1.54, 1.807) is 6.20 Å². The quantitative estimate of drug-likeness (QED) is 0.822. The molecule has 2 unspecified atom stereocenters. The van der Waals surface area contributed by atoms with E-state index in [4.69, 9.17) is 4.74 Å². The molecule has 1 aromatic heterocycles. The number of rotatable bonds is 5. The minimum atomic E-state index is -0.216. The first kappa shape index (κ1) is 17.6. The Kier molecular flexibility index (Phi) is 4.72. The highest BCUT2D eigenvalue weighted by Crippen LogP contribution is 2.31. The summed E-state index contributed by atoms with van der Waals surface area (Å²) in [4.78, 5) is 20.9. The molecule has 3 aliphatic rings. The van der Waals surface area contributed by atoms with Gasteiger partial charge < -0.3 is 4.74 Å². The van der Waals surface area contributed by atoms with Crippen molar-refractivity contribution in [1.29, 1.82) is 0 Å². The van der Waals surface area contributed by atoms with Crippen molar-refractivity contribution in [3.63, 3.8) is 0 Å². The number of aromatic nitrogens is 1. The predicted octanol–water partition coefficient (Wildman–Crippen LogP) is 1.55. The molecule has 2 N–H and O–H groups in total. The number of nitrogens with zero attached hydrogens (tertiary/aromatic N) is 3. The smallest absolute Gasteiger partial charge is 0.410 e. The van der Waals surface area contributed by atoms with E-state index in [1.165, 1.54) is 5.56 Å². The molecule has 146 valence electrons. The van der Waals surface area contributed by atoms with Gasteiger partial charge in [-0.25, -0.2) is 10.2 Å². The van der Waals surface area contributed by atoms with Gasteiger partial charge in [-0.15, -0.1) is 0 Å². The van der Waals surface area contributed by atoms with Gasteiger partial charge in [-0.3, -0.25) is 20.2 Å². The lowest BCUT2D eigenvalue weighted by Crippen LogP contribution is -2.39. The van der Waals surface area contributed by atoms with E-state index in [0.29, 0.717) is 18.5 Å². The van der Waals surface area contributed by atoms with Crippen molar-refractivity contribution >= 4 is 6.09 Å². The van der Waals surface area contributed by atoms with Gasteiger partial charge in [0.15, 0.2) is 0 Å². The lowest BCUT2D eigenvalue weighted by atomic mass is 9.94. The Morgan fingerprint density at radius 3 is 2.79 bits per heavy atom. The third-order valence-electron chi connectivity index (χ3n) is 6.00. The van der Waals surface area contributed by atoms with Crippen LogP contribution in [0.15, 0.2) is 54.7 Å². The van der Waals surface area contributed by atoms with Gasteiger partial charge in [0.25, 0.3) is 0 Å². The Labute approximate surface area is 164 Å². The third-order valence-corrected chi connectivity index (χ3v) is 6.00. The average molecular weight is 379 g/mol. The zero-order chi connectivity index (χ0) is 18.9. The van der Waals surface area contributed by atoms with Crippen LogP contribution in [-0.2, 0) is 11.3 Å². The summed E-state index contributed by atoms with van der Waals surface area (Å²) in [6.07, 6.45) is 1.50. The summed E-state index contributed by atoms with van der Waals surface area (Å²) in [6, 6.07) is 16.8. The number of carbonyl (C=O) groups is 1. The Hall–Kier alpha value is -2.48. The van der Waals surface area contributed by atoms with Crippen molar-refractivity contribution in [1.82, 2.24) is 25.6 Å². The van der Waals surface area contributed by atoms with Crippen molar-refractivity contribution in [2.24, 2.45) is 5.92 Å². The Morgan fingerprint density at radius 1 is 1.11 bits per heavy atom. The van der Waals surface area contributed by atoms with Crippen LogP contribution in [-0.4, -0.2) is 59.2 Å². The van der Waals surface area contributed by atoms with E-state index in [9.17, 15) is 4.79 Å². The molecule has 3 saturated heterocycles. The zero-order valence-electron chi connectivity index (χ0n) is 15.7. The SMILES string of the molecule is O=C1O[C@@H]2CN(CC3CNNC3c3ccccc3)C[C@@H]2N1Cc1ccccn1. The van der Waals surface area contributed by atoms with Gasteiger partial charge in [0.05, 0.1) is 24.3 Å². The van der Waals surface area contributed by atoms with Crippen LogP contribution in [0.4, 0.5) is 4.79 Å². The summed E-state index contributed by atoms with van der Waals surface area (Å²) in [6.45, 7) is 4.06. The van der Waals surface area contributed by atoms with Crippen LogP contribution in [0.25, 0.3) is 0 Å². The number of likely N-dealkylation sites (tertiary alicyclic amines) is 1. The number of hydrazine groups is 1. The van der Waals surface area contributed by atoms with Crippen LogP contribution < -0.4 is 10.9 Å². The molecule has 1 aromatic carbocycles. The van der Waals surface area contributed by atoms with E-state index in [0.717, 1.165) is 31.9 Å². The molecular weight excluding hydrogens is 354 g/mol. The fourth-order valence-corrected chi connectivity index (χ4v) is 4.63. The number of pyridine rings is 1. The van der Waals surface area contributed by atoms with Gasteiger partial charge in [-0.05, 0) is 17.7 Å². The molecule has 3 fully saturated rings. The van der Waals surface area contributed by atoms with Crippen molar-refractivity contribution < 1.29 is 9.53 Å².